The number of hydrogen-bond donors (Lipinski definition) is 1. The molecule has 1 N–H and O–H groups in total. The average Bonchev–Trinajstić information content (AvgIpc) is 2.41. The minimum Gasteiger partial charge on any atom is -0.493 e. The van der Waals surface area contributed by atoms with Gasteiger partial charge in [0.15, 0.2) is 11.5 Å². The molecule has 0 atom stereocenters. The Hall–Kier alpha value is -1.26. The SMILES string of the molecule is CCOCCOc1cc(CNC(C)C)ccc1OC. The zero-order valence-corrected chi connectivity index (χ0v) is 12.4. The van der Waals surface area contributed by atoms with Gasteiger partial charge in [0.2, 0.25) is 0 Å². The molecule has 1 rings (SSSR count). The lowest BCUT2D eigenvalue weighted by atomic mass is 10.2. The molecule has 0 bridgehead atoms. The van der Waals surface area contributed by atoms with Gasteiger partial charge in [0.25, 0.3) is 0 Å². The van der Waals surface area contributed by atoms with Gasteiger partial charge < -0.3 is 19.5 Å². The van der Waals surface area contributed by atoms with E-state index in [9.17, 15) is 0 Å². The summed E-state index contributed by atoms with van der Waals surface area (Å²) in [6, 6.07) is 6.46. The predicted molar refractivity (Wildman–Crippen MR) is 77.0 cm³/mol. The molecule has 4 heteroatoms. The fourth-order valence-corrected chi connectivity index (χ4v) is 1.62. The third kappa shape index (κ3) is 5.94. The van der Waals surface area contributed by atoms with Crippen LogP contribution in [0.1, 0.15) is 26.3 Å². The van der Waals surface area contributed by atoms with Crippen LogP contribution in [0.5, 0.6) is 11.5 Å². The Balaban J connectivity index is 2.61. The van der Waals surface area contributed by atoms with Crippen LogP contribution in [0.15, 0.2) is 18.2 Å². The van der Waals surface area contributed by atoms with Crippen LogP contribution in [0.25, 0.3) is 0 Å². The van der Waals surface area contributed by atoms with Gasteiger partial charge in [0, 0.05) is 19.2 Å². The maximum atomic E-state index is 5.70. The van der Waals surface area contributed by atoms with Crippen LogP contribution in [0.3, 0.4) is 0 Å². The maximum Gasteiger partial charge on any atom is 0.161 e. The lowest BCUT2D eigenvalue weighted by Crippen LogP contribution is -2.21. The second kappa shape index (κ2) is 8.77. The van der Waals surface area contributed by atoms with E-state index < -0.39 is 0 Å². The lowest BCUT2D eigenvalue weighted by Gasteiger charge is -2.13. The minimum absolute atomic E-state index is 0.462. The summed E-state index contributed by atoms with van der Waals surface area (Å²) < 4.78 is 16.3. The fraction of sp³-hybridized carbons (Fsp3) is 0.600. The van der Waals surface area contributed by atoms with Gasteiger partial charge in [0.05, 0.1) is 13.7 Å². The number of ether oxygens (including phenoxy) is 3. The van der Waals surface area contributed by atoms with Crippen LogP contribution in [-0.2, 0) is 11.3 Å². The molecule has 0 aliphatic rings. The molecule has 0 unspecified atom stereocenters. The van der Waals surface area contributed by atoms with E-state index in [4.69, 9.17) is 14.2 Å². The van der Waals surface area contributed by atoms with Crippen LogP contribution in [0.2, 0.25) is 0 Å². The van der Waals surface area contributed by atoms with Crippen molar-refractivity contribution in [3.8, 4) is 11.5 Å². The smallest absolute Gasteiger partial charge is 0.161 e. The summed E-state index contributed by atoms with van der Waals surface area (Å²) in [5, 5.41) is 3.38. The highest BCUT2D eigenvalue weighted by atomic mass is 16.5. The van der Waals surface area contributed by atoms with Crippen LogP contribution < -0.4 is 14.8 Å². The molecular weight excluding hydrogens is 242 g/mol. The van der Waals surface area contributed by atoms with Crippen LogP contribution >= 0.6 is 0 Å². The third-order valence-corrected chi connectivity index (χ3v) is 2.63. The molecule has 0 aliphatic carbocycles. The quantitative estimate of drug-likeness (QED) is 0.698. The monoisotopic (exact) mass is 267 g/mol. The van der Waals surface area contributed by atoms with Crippen molar-refractivity contribution in [2.45, 2.75) is 33.4 Å². The van der Waals surface area contributed by atoms with Crippen LogP contribution in [-0.4, -0.2) is 33.0 Å². The molecular formula is C15H25NO3. The second-order valence-corrected chi connectivity index (χ2v) is 4.57. The van der Waals surface area contributed by atoms with E-state index in [0.29, 0.717) is 25.9 Å². The van der Waals surface area contributed by atoms with Gasteiger partial charge in [-0.15, -0.1) is 0 Å². The molecule has 108 valence electrons. The average molecular weight is 267 g/mol. The maximum absolute atomic E-state index is 5.70. The Bertz CT molecular complexity index is 366. The van der Waals surface area contributed by atoms with E-state index in [1.54, 1.807) is 7.11 Å². The van der Waals surface area contributed by atoms with E-state index in [2.05, 4.69) is 19.2 Å². The van der Waals surface area contributed by atoms with E-state index in [-0.39, 0.29) is 0 Å². The summed E-state index contributed by atoms with van der Waals surface area (Å²) in [6.07, 6.45) is 0. The third-order valence-electron chi connectivity index (χ3n) is 2.63. The van der Waals surface area contributed by atoms with Crippen molar-refractivity contribution in [2.75, 3.05) is 26.9 Å². The highest BCUT2D eigenvalue weighted by Gasteiger charge is 2.06. The van der Waals surface area contributed by atoms with Gasteiger partial charge in [-0.2, -0.15) is 0 Å². The summed E-state index contributed by atoms with van der Waals surface area (Å²) in [4.78, 5) is 0. The molecule has 0 aliphatic heterocycles. The van der Waals surface area contributed by atoms with Crippen molar-refractivity contribution in [1.29, 1.82) is 0 Å². The summed E-state index contributed by atoms with van der Waals surface area (Å²) >= 11 is 0. The lowest BCUT2D eigenvalue weighted by molar-refractivity contribution is 0.109. The number of rotatable bonds is 9. The number of hydrogen-bond acceptors (Lipinski definition) is 4. The number of methoxy groups -OCH3 is 1. The molecule has 0 saturated carbocycles. The molecule has 4 nitrogen and oxygen atoms in total. The molecule has 0 fully saturated rings. The highest BCUT2D eigenvalue weighted by Crippen LogP contribution is 2.28. The summed E-state index contributed by atoms with van der Waals surface area (Å²) in [7, 11) is 1.65. The van der Waals surface area contributed by atoms with Crippen molar-refractivity contribution in [1.82, 2.24) is 5.32 Å². The van der Waals surface area contributed by atoms with Crippen molar-refractivity contribution >= 4 is 0 Å². The summed E-state index contributed by atoms with van der Waals surface area (Å²) in [5.74, 6) is 1.52. The summed E-state index contributed by atoms with van der Waals surface area (Å²) in [6.45, 7) is 8.88. The standard InChI is InChI=1S/C15H25NO3/c1-5-18-8-9-19-15-10-13(11-16-12(2)3)6-7-14(15)17-4/h6-7,10,12,16H,5,8-9,11H2,1-4H3. The Morgan fingerprint density at radius 2 is 1.95 bits per heavy atom. The van der Waals surface area contributed by atoms with Gasteiger partial charge in [-0.05, 0) is 24.6 Å². The van der Waals surface area contributed by atoms with Crippen molar-refractivity contribution < 1.29 is 14.2 Å². The molecule has 1 aromatic rings. The van der Waals surface area contributed by atoms with E-state index in [1.807, 2.05) is 25.1 Å². The minimum atomic E-state index is 0.462. The molecule has 0 spiro atoms. The van der Waals surface area contributed by atoms with Crippen LogP contribution in [0, 0.1) is 0 Å². The van der Waals surface area contributed by atoms with Crippen LogP contribution in [0.4, 0.5) is 0 Å². The van der Waals surface area contributed by atoms with Crippen molar-refractivity contribution in [3.05, 3.63) is 23.8 Å². The van der Waals surface area contributed by atoms with E-state index in [0.717, 1.165) is 18.0 Å². The molecule has 0 amide bonds. The first-order valence-electron chi connectivity index (χ1n) is 6.78. The fourth-order valence-electron chi connectivity index (χ4n) is 1.62. The summed E-state index contributed by atoms with van der Waals surface area (Å²) in [5.41, 5.74) is 1.18. The van der Waals surface area contributed by atoms with Gasteiger partial charge >= 0.3 is 0 Å². The predicted octanol–water partition coefficient (Wildman–Crippen LogP) is 2.61. The zero-order chi connectivity index (χ0) is 14.1. The molecule has 19 heavy (non-hydrogen) atoms. The topological polar surface area (TPSA) is 39.7 Å². The zero-order valence-electron chi connectivity index (χ0n) is 12.4. The van der Waals surface area contributed by atoms with Gasteiger partial charge in [-0.25, -0.2) is 0 Å². The first kappa shape index (κ1) is 15.8. The molecule has 0 aromatic heterocycles. The first-order valence-corrected chi connectivity index (χ1v) is 6.78. The van der Waals surface area contributed by atoms with Crippen molar-refractivity contribution in [2.24, 2.45) is 0 Å². The first-order chi connectivity index (χ1) is 9.17. The second-order valence-electron chi connectivity index (χ2n) is 4.57. The molecule has 1 aromatic carbocycles. The van der Waals surface area contributed by atoms with Gasteiger partial charge in [0.1, 0.15) is 6.61 Å². The Morgan fingerprint density at radius 1 is 1.16 bits per heavy atom. The Labute approximate surface area is 116 Å². The van der Waals surface area contributed by atoms with Gasteiger partial charge in [-0.3, -0.25) is 0 Å². The largest absolute Gasteiger partial charge is 0.493 e. The number of benzene rings is 1. The van der Waals surface area contributed by atoms with E-state index in [1.165, 1.54) is 5.56 Å². The molecule has 0 heterocycles. The molecule has 0 saturated heterocycles. The van der Waals surface area contributed by atoms with Gasteiger partial charge in [-0.1, -0.05) is 19.9 Å². The number of nitrogens with one attached hydrogen (secondary N) is 1. The normalized spacial score (nSPS) is 10.8. The van der Waals surface area contributed by atoms with E-state index >= 15 is 0 Å². The Morgan fingerprint density at radius 3 is 2.58 bits per heavy atom. The highest BCUT2D eigenvalue weighted by molar-refractivity contribution is 5.42. The van der Waals surface area contributed by atoms with Crippen molar-refractivity contribution in [3.63, 3.8) is 0 Å². The Kier molecular flexibility index (Phi) is 7.30. The molecule has 0 radical (unpaired) electrons.